The SMILES string of the molecule is CCOC(=O)[C@@H]1[C@@H](c2ccc(OCC)c(OC)c2)NC(=S)N[C@]1(O)C(F)(F)F. The van der Waals surface area contributed by atoms with Crippen LogP contribution in [0.2, 0.25) is 0 Å². The lowest BCUT2D eigenvalue weighted by atomic mass is 9.82. The van der Waals surface area contributed by atoms with Crippen molar-refractivity contribution in [3.05, 3.63) is 23.8 Å². The monoisotopic (exact) mass is 422 g/mol. The summed E-state index contributed by atoms with van der Waals surface area (Å²) in [6.07, 6.45) is -5.20. The van der Waals surface area contributed by atoms with Gasteiger partial charge in [-0.1, -0.05) is 6.07 Å². The van der Waals surface area contributed by atoms with Crippen LogP contribution in [0.1, 0.15) is 25.5 Å². The Morgan fingerprint density at radius 1 is 1.29 bits per heavy atom. The smallest absolute Gasteiger partial charge is 0.437 e. The van der Waals surface area contributed by atoms with E-state index in [9.17, 15) is 23.1 Å². The number of nitrogens with one attached hydrogen (secondary N) is 2. The molecule has 3 atom stereocenters. The van der Waals surface area contributed by atoms with Crippen molar-refractivity contribution in [1.82, 2.24) is 10.6 Å². The van der Waals surface area contributed by atoms with Gasteiger partial charge in [0, 0.05) is 0 Å². The minimum Gasteiger partial charge on any atom is -0.493 e. The number of ether oxygens (including phenoxy) is 3. The van der Waals surface area contributed by atoms with Crippen LogP contribution in [0.4, 0.5) is 13.2 Å². The molecular weight excluding hydrogens is 401 g/mol. The largest absolute Gasteiger partial charge is 0.493 e. The van der Waals surface area contributed by atoms with Gasteiger partial charge < -0.3 is 30.0 Å². The first-order chi connectivity index (χ1) is 13.1. The number of benzene rings is 1. The maximum Gasteiger partial charge on any atom is 0.437 e. The van der Waals surface area contributed by atoms with Crippen LogP contribution in [0.3, 0.4) is 0 Å². The normalized spacial score (nSPS) is 24.8. The minimum absolute atomic E-state index is 0.160. The third-order valence-corrected chi connectivity index (χ3v) is 4.41. The van der Waals surface area contributed by atoms with E-state index in [2.05, 4.69) is 5.32 Å². The summed E-state index contributed by atoms with van der Waals surface area (Å²) < 4.78 is 56.5. The predicted molar refractivity (Wildman–Crippen MR) is 96.9 cm³/mol. The molecule has 1 fully saturated rings. The van der Waals surface area contributed by atoms with E-state index in [1.165, 1.54) is 32.2 Å². The van der Waals surface area contributed by atoms with Gasteiger partial charge in [0.15, 0.2) is 16.6 Å². The van der Waals surface area contributed by atoms with E-state index in [0.29, 0.717) is 12.4 Å². The fourth-order valence-corrected chi connectivity index (χ4v) is 3.25. The second-order valence-electron chi connectivity index (χ2n) is 5.91. The molecule has 11 heteroatoms. The summed E-state index contributed by atoms with van der Waals surface area (Å²) in [7, 11) is 1.37. The fraction of sp³-hybridized carbons (Fsp3) is 0.529. The second kappa shape index (κ2) is 8.39. The van der Waals surface area contributed by atoms with E-state index in [4.69, 9.17) is 26.4 Å². The van der Waals surface area contributed by atoms with Gasteiger partial charge >= 0.3 is 12.1 Å². The van der Waals surface area contributed by atoms with Crippen LogP contribution in [0.25, 0.3) is 0 Å². The number of halogens is 3. The van der Waals surface area contributed by atoms with E-state index < -0.39 is 34.9 Å². The average molecular weight is 422 g/mol. The molecule has 1 saturated heterocycles. The molecular formula is C17H21F3N2O5S. The Balaban J connectivity index is 2.58. The molecule has 0 aromatic heterocycles. The Hall–Kier alpha value is -2.27. The van der Waals surface area contributed by atoms with E-state index in [1.807, 2.05) is 0 Å². The Morgan fingerprint density at radius 2 is 1.96 bits per heavy atom. The molecule has 0 spiro atoms. The minimum atomic E-state index is -5.20. The zero-order valence-corrected chi connectivity index (χ0v) is 16.2. The average Bonchev–Trinajstić information content (AvgIpc) is 2.60. The molecule has 156 valence electrons. The van der Waals surface area contributed by atoms with E-state index in [1.54, 1.807) is 12.2 Å². The molecule has 0 aliphatic carbocycles. The summed E-state index contributed by atoms with van der Waals surface area (Å²) in [5.41, 5.74) is -3.39. The molecule has 3 N–H and O–H groups in total. The molecule has 1 aliphatic rings. The van der Waals surface area contributed by atoms with Crippen molar-refractivity contribution in [2.45, 2.75) is 31.8 Å². The van der Waals surface area contributed by atoms with Gasteiger partial charge in [-0.2, -0.15) is 13.2 Å². The lowest BCUT2D eigenvalue weighted by Crippen LogP contribution is -2.73. The van der Waals surface area contributed by atoms with Gasteiger partial charge in [-0.25, -0.2) is 0 Å². The van der Waals surface area contributed by atoms with Gasteiger partial charge in [0.05, 0.1) is 26.4 Å². The number of rotatable bonds is 6. The molecule has 28 heavy (non-hydrogen) atoms. The zero-order valence-electron chi connectivity index (χ0n) is 15.4. The second-order valence-corrected chi connectivity index (χ2v) is 6.32. The Kier molecular flexibility index (Phi) is 6.60. The van der Waals surface area contributed by atoms with Crippen LogP contribution in [-0.2, 0) is 9.53 Å². The highest BCUT2D eigenvalue weighted by molar-refractivity contribution is 7.80. The van der Waals surface area contributed by atoms with E-state index >= 15 is 0 Å². The lowest BCUT2D eigenvalue weighted by Gasteiger charge is -2.45. The van der Waals surface area contributed by atoms with Crippen molar-refractivity contribution < 1.29 is 37.3 Å². The highest BCUT2D eigenvalue weighted by atomic mass is 32.1. The molecule has 0 amide bonds. The van der Waals surface area contributed by atoms with Gasteiger partial charge in [-0.15, -0.1) is 0 Å². The standard InChI is InChI=1S/C17H21F3N2O5S/c1-4-26-10-7-6-9(8-11(10)25-3)13-12(14(23)27-5-2)16(24,17(18,19)20)22-15(28)21-13/h6-8,12-13,24H,4-5H2,1-3H3,(H2,21,22,28)/t12-,13+,16+/m0/s1. The molecule has 1 heterocycles. The molecule has 0 saturated carbocycles. The first-order valence-corrected chi connectivity index (χ1v) is 8.85. The number of methoxy groups -OCH3 is 1. The summed E-state index contributed by atoms with van der Waals surface area (Å²) in [5, 5.41) is 14.3. The van der Waals surface area contributed by atoms with Crippen molar-refractivity contribution >= 4 is 23.3 Å². The molecule has 1 aliphatic heterocycles. The first kappa shape index (κ1) is 22.0. The molecule has 0 radical (unpaired) electrons. The number of aliphatic hydroxyl groups is 1. The highest BCUT2D eigenvalue weighted by Crippen LogP contribution is 2.44. The number of hydrogen-bond donors (Lipinski definition) is 3. The van der Waals surface area contributed by atoms with Crippen molar-refractivity contribution in [3.8, 4) is 11.5 Å². The van der Waals surface area contributed by atoms with Gasteiger partial charge in [0.1, 0.15) is 5.92 Å². The van der Waals surface area contributed by atoms with Gasteiger partial charge in [-0.05, 0) is 43.8 Å². The number of esters is 1. The topological polar surface area (TPSA) is 89.1 Å². The van der Waals surface area contributed by atoms with Crippen molar-refractivity contribution in [1.29, 1.82) is 0 Å². The number of carbonyl (C=O) groups excluding carboxylic acids is 1. The molecule has 7 nitrogen and oxygen atoms in total. The zero-order chi connectivity index (χ0) is 21.1. The molecule has 0 unspecified atom stereocenters. The predicted octanol–water partition coefficient (Wildman–Crippen LogP) is 2.04. The molecule has 1 aromatic carbocycles. The Morgan fingerprint density at radius 3 is 2.50 bits per heavy atom. The third kappa shape index (κ3) is 4.09. The van der Waals surface area contributed by atoms with Crippen LogP contribution in [0.5, 0.6) is 11.5 Å². The summed E-state index contributed by atoms with van der Waals surface area (Å²) in [6.45, 7) is 3.41. The number of alkyl halides is 3. The number of carbonyl (C=O) groups is 1. The highest BCUT2D eigenvalue weighted by Gasteiger charge is 2.66. The van der Waals surface area contributed by atoms with Crippen LogP contribution >= 0.6 is 12.2 Å². The van der Waals surface area contributed by atoms with E-state index in [-0.39, 0.29) is 17.9 Å². The van der Waals surface area contributed by atoms with E-state index in [0.717, 1.165) is 0 Å². The van der Waals surface area contributed by atoms with Crippen molar-refractivity contribution in [3.63, 3.8) is 0 Å². The van der Waals surface area contributed by atoms with Gasteiger partial charge in [-0.3, -0.25) is 4.79 Å². The van der Waals surface area contributed by atoms with Crippen molar-refractivity contribution in [2.24, 2.45) is 5.92 Å². The molecule has 0 bridgehead atoms. The van der Waals surface area contributed by atoms with Gasteiger partial charge in [0.25, 0.3) is 5.72 Å². The summed E-state index contributed by atoms with van der Waals surface area (Å²) >= 11 is 4.84. The molecule has 2 rings (SSSR count). The maximum absolute atomic E-state index is 13.7. The van der Waals surface area contributed by atoms with Crippen LogP contribution in [0.15, 0.2) is 18.2 Å². The van der Waals surface area contributed by atoms with Gasteiger partial charge in [0.2, 0.25) is 0 Å². The summed E-state index contributed by atoms with van der Waals surface area (Å²) in [5.74, 6) is -2.67. The fourth-order valence-electron chi connectivity index (χ4n) is 2.97. The number of thiocarbonyl (C=S) groups is 1. The van der Waals surface area contributed by atoms with Crippen molar-refractivity contribution in [2.75, 3.05) is 20.3 Å². The maximum atomic E-state index is 13.7. The van der Waals surface area contributed by atoms with Crippen LogP contribution in [0, 0.1) is 5.92 Å². The van der Waals surface area contributed by atoms with Crippen LogP contribution < -0.4 is 20.1 Å². The number of hydrogen-bond acceptors (Lipinski definition) is 6. The third-order valence-electron chi connectivity index (χ3n) is 4.19. The first-order valence-electron chi connectivity index (χ1n) is 8.44. The Labute approximate surface area is 165 Å². The van der Waals surface area contributed by atoms with Crippen LogP contribution in [-0.4, -0.2) is 48.4 Å². The molecule has 1 aromatic rings. The summed E-state index contributed by atoms with van der Waals surface area (Å²) in [6, 6.07) is 3.05. The summed E-state index contributed by atoms with van der Waals surface area (Å²) in [4.78, 5) is 12.4. The lowest BCUT2D eigenvalue weighted by molar-refractivity contribution is -0.292. The Bertz CT molecular complexity index is 746. The quantitative estimate of drug-likeness (QED) is 0.474.